The van der Waals surface area contributed by atoms with E-state index < -0.39 is 35.2 Å². The molecule has 0 spiro atoms. The smallest absolute Gasteiger partial charge is 0.385 e. The van der Waals surface area contributed by atoms with Crippen molar-refractivity contribution < 1.29 is 32.2 Å². The van der Waals surface area contributed by atoms with Gasteiger partial charge in [0.25, 0.3) is 5.91 Å². The first-order valence-corrected chi connectivity index (χ1v) is 11.4. The average molecular weight is 532 g/mol. The van der Waals surface area contributed by atoms with E-state index in [1.165, 1.54) is 44.4 Å². The largest absolute Gasteiger partial charge is 0.418 e. The van der Waals surface area contributed by atoms with E-state index in [0.717, 1.165) is 16.9 Å². The van der Waals surface area contributed by atoms with Gasteiger partial charge in [-0.2, -0.15) is 18.3 Å². The van der Waals surface area contributed by atoms with Crippen LogP contribution in [-0.2, 0) is 10.9 Å². The van der Waals surface area contributed by atoms with Gasteiger partial charge in [-0.15, -0.1) is 0 Å². The van der Waals surface area contributed by atoms with Crippen LogP contribution < -0.4 is 11.1 Å². The number of hydrogen-bond donors (Lipinski definition) is 3. The van der Waals surface area contributed by atoms with Gasteiger partial charge in [-0.1, -0.05) is 24.3 Å². The quantitative estimate of drug-likeness (QED) is 0.306. The van der Waals surface area contributed by atoms with Crippen molar-refractivity contribution in [1.29, 1.82) is 0 Å². The molecule has 0 radical (unpaired) electrons. The molecular weight excluding hydrogens is 506 g/mol. The third-order valence-electron chi connectivity index (χ3n) is 6.25. The SMILES string of the molecule is COC(c1ccc(F)cc1)C(C)(O)CNC(=O)c1cc(-c2cc(C(F)(F)F)c3c(N)ncnn23)ccc1C. The Morgan fingerprint density at radius 3 is 2.50 bits per heavy atom. The van der Waals surface area contributed by atoms with Crippen molar-refractivity contribution in [2.24, 2.45) is 0 Å². The van der Waals surface area contributed by atoms with Crippen LogP contribution in [0.2, 0.25) is 0 Å². The van der Waals surface area contributed by atoms with Crippen LogP contribution in [0.25, 0.3) is 16.8 Å². The number of aromatic nitrogens is 3. The summed E-state index contributed by atoms with van der Waals surface area (Å²) in [5.74, 6) is -1.34. The molecule has 2 aromatic heterocycles. The third kappa shape index (κ3) is 5.18. The first-order valence-electron chi connectivity index (χ1n) is 11.4. The molecule has 0 aliphatic rings. The molecule has 12 heteroatoms. The molecule has 0 saturated heterocycles. The Labute approximate surface area is 215 Å². The van der Waals surface area contributed by atoms with Crippen LogP contribution in [-0.4, -0.2) is 44.9 Å². The second-order valence-electron chi connectivity index (χ2n) is 9.08. The molecule has 2 unspecified atom stereocenters. The van der Waals surface area contributed by atoms with Crippen molar-refractivity contribution in [1.82, 2.24) is 19.9 Å². The number of methoxy groups -OCH3 is 1. The number of aliphatic hydroxyl groups is 1. The summed E-state index contributed by atoms with van der Waals surface area (Å²) in [6.45, 7) is 2.90. The summed E-state index contributed by atoms with van der Waals surface area (Å²) in [7, 11) is 1.38. The molecular formula is C26H25F4N5O3. The van der Waals surface area contributed by atoms with E-state index in [1.54, 1.807) is 19.1 Å². The van der Waals surface area contributed by atoms with Gasteiger partial charge in [0.2, 0.25) is 0 Å². The van der Waals surface area contributed by atoms with Crippen molar-refractivity contribution in [3.8, 4) is 11.3 Å². The van der Waals surface area contributed by atoms with Gasteiger partial charge in [-0.3, -0.25) is 4.79 Å². The van der Waals surface area contributed by atoms with Crippen LogP contribution in [0, 0.1) is 12.7 Å². The van der Waals surface area contributed by atoms with Crippen molar-refractivity contribution in [3.63, 3.8) is 0 Å². The van der Waals surface area contributed by atoms with Crippen molar-refractivity contribution in [2.75, 3.05) is 19.4 Å². The highest BCUT2D eigenvalue weighted by molar-refractivity contribution is 5.97. The zero-order chi connectivity index (χ0) is 27.8. The fraction of sp³-hybridized carbons (Fsp3) is 0.269. The number of nitrogens with two attached hydrogens (primary N) is 1. The minimum Gasteiger partial charge on any atom is -0.385 e. The molecule has 0 fully saturated rings. The van der Waals surface area contributed by atoms with Crippen LogP contribution in [0.1, 0.15) is 40.1 Å². The lowest BCUT2D eigenvalue weighted by molar-refractivity contribution is -0.136. The Hall–Kier alpha value is -4.03. The topological polar surface area (TPSA) is 115 Å². The Kier molecular flexibility index (Phi) is 7.13. The number of carbonyl (C=O) groups is 1. The maximum absolute atomic E-state index is 13.7. The Balaban J connectivity index is 1.64. The molecule has 200 valence electrons. The van der Waals surface area contributed by atoms with Gasteiger partial charge in [0.1, 0.15) is 29.4 Å². The van der Waals surface area contributed by atoms with Gasteiger partial charge in [0, 0.05) is 24.8 Å². The molecule has 0 aliphatic heterocycles. The van der Waals surface area contributed by atoms with E-state index >= 15 is 0 Å². The van der Waals surface area contributed by atoms with Gasteiger partial charge in [-0.05, 0) is 49.2 Å². The maximum Gasteiger partial charge on any atom is 0.418 e. The van der Waals surface area contributed by atoms with E-state index in [1.807, 2.05) is 0 Å². The molecule has 4 N–H and O–H groups in total. The summed E-state index contributed by atoms with van der Waals surface area (Å²) in [6.07, 6.45) is -4.54. The number of hydrogen-bond acceptors (Lipinski definition) is 6. The maximum atomic E-state index is 13.7. The fourth-order valence-electron chi connectivity index (χ4n) is 4.35. The summed E-state index contributed by atoms with van der Waals surface area (Å²) in [4.78, 5) is 16.8. The minimum absolute atomic E-state index is 0.0678. The highest BCUT2D eigenvalue weighted by Crippen LogP contribution is 2.39. The molecule has 38 heavy (non-hydrogen) atoms. The molecule has 2 atom stereocenters. The second-order valence-corrected chi connectivity index (χ2v) is 9.08. The first kappa shape index (κ1) is 27.0. The van der Waals surface area contributed by atoms with Gasteiger partial charge in [0.15, 0.2) is 5.82 Å². The summed E-state index contributed by atoms with van der Waals surface area (Å²) >= 11 is 0. The zero-order valence-corrected chi connectivity index (χ0v) is 20.7. The van der Waals surface area contributed by atoms with Gasteiger partial charge in [-0.25, -0.2) is 13.9 Å². The molecule has 8 nitrogen and oxygen atoms in total. The number of fused-ring (bicyclic) bond motifs is 1. The van der Waals surface area contributed by atoms with Crippen LogP contribution in [0.4, 0.5) is 23.4 Å². The lowest BCUT2D eigenvalue weighted by atomic mass is 9.92. The number of rotatable bonds is 7. The van der Waals surface area contributed by atoms with Crippen molar-refractivity contribution in [3.05, 3.63) is 82.9 Å². The molecule has 1 amide bonds. The number of ether oxygens (including phenoxy) is 1. The number of halogens is 4. The number of nitrogens with one attached hydrogen (secondary N) is 1. The first-order chi connectivity index (χ1) is 17.8. The predicted octanol–water partition coefficient (Wildman–Crippen LogP) is 4.31. The summed E-state index contributed by atoms with van der Waals surface area (Å²) in [6, 6.07) is 10.9. The van der Waals surface area contributed by atoms with Crippen LogP contribution in [0.15, 0.2) is 54.9 Å². The molecule has 0 aliphatic carbocycles. The number of alkyl halides is 3. The summed E-state index contributed by atoms with van der Waals surface area (Å²) in [5.41, 5.74) is 4.36. The third-order valence-corrected chi connectivity index (χ3v) is 6.25. The molecule has 2 heterocycles. The van der Waals surface area contributed by atoms with Gasteiger partial charge in [0.05, 0.1) is 11.3 Å². The Morgan fingerprint density at radius 2 is 1.87 bits per heavy atom. The lowest BCUT2D eigenvalue weighted by Gasteiger charge is -2.32. The van der Waals surface area contributed by atoms with E-state index in [-0.39, 0.29) is 34.7 Å². The Morgan fingerprint density at radius 1 is 1.18 bits per heavy atom. The molecule has 4 aromatic rings. The number of aryl methyl sites for hydroxylation is 1. The number of carbonyl (C=O) groups excluding carboxylic acids is 1. The molecule has 2 aromatic carbocycles. The highest BCUT2D eigenvalue weighted by atomic mass is 19.4. The minimum atomic E-state index is -4.71. The number of nitrogen functional groups attached to an aromatic ring is 1. The average Bonchev–Trinajstić information content (AvgIpc) is 3.26. The standard InChI is InChI=1S/C26H25F4N5O3/c1-14-4-5-16(20-11-19(26(28,29)30)21-23(31)33-13-34-35(20)21)10-18(14)24(36)32-12-25(2,37)22(38-3)15-6-8-17(27)9-7-15/h4-11,13,22,37H,12H2,1-3H3,(H,32,36)(H2,31,33,34). The lowest BCUT2D eigenvalue weighted by Crippen LogP contribution is -2.45. The predicted molar refractivity (Wildman–Crippen MR) is 132 cm³/mol. The normalized spacial score (nSPS) is 14.3. The summed E-state index contributed by atoms with van der Waals surface area (Å²) < 4.78 is 60.9. The van der Waals surface area contributed by atoms with E-state index in [2.05, 4.69) is 15.4 Å². The number of anilines is 1. The Bertz CT molecular complexity index is 1480. The van der Waals surface area contributed by atoms with Crippen molar-refractivity contribution in [2.45, 2.75) is 31.7 Å². The van der Waals surface area contributed by atoms with Gasteiger partial charge >= 0.3 is 6.18 Å². The van der Waals surface area contributed by atoms with E-state index in [9.17, 15) is 27.5 Å². The van der Waals surface area contributed by atoms with Crippen LogP contribution in [0.3, 0.4) is 0 Å². The van der Waals surface area contributed by atoms with E-state index in [4.69, 9.17) is 10.5 Å². The fourth-order valence-corrected chi connectivity index (χ4v) is 4.35. The highest BCUT2D eigenvalue weighted by Gasteiger charge is 2.37. The summed E-state index contributed by atoms with van der Waals surface area (Å²) in [5, 5.41) is 17.6. The van der Waals surface area contributed by atoms with Crippen LogP contribution in [0.5, 0.6) is 0 Å². The van der Waals surface area contributed by atoms with E-state index in [0.29, 0.717) is 11.1 Å². The number of nitrogens with zero attached hydrogens (tertiary/aromatic N) is 3. The van der Waals surface area contributed by atoms with Crippen molar-refractivity contribution >= 4 is 17.2 Å². The van der Waals surface area contributed by atoms with Gasteiger partial charge < -0.3 is 20.9 Å². The molecule has 4 rings (SSSR count). The zero-order valence-electron chi connectivity index (χ0n) is 20.7. The monoisotopic (exact) mass is 531 g/mol. The van der Waals surface area contributed by atoms with Crippen LogP contribution >= 0.6 is 0 Å². The number of benzene rings is 2. The number of amides is 1. The molecule has 0 saturated carbocycles. The second kappa shape index (κ2) is 10.0. The molecule has 0 bridgehead atoms.